The quantitative estimate of drug-likeness (QED) is 0.661. The number of carbonyl (C=O) groups excluding carboxylic acids is 1. The highest BCUT2D eigenvalue weighted by molar-refractivity contribution is 5.79. The third kappa shape index (κ3) is 2.47. The summed E-state index contributed by atoms with van der Waals surface area (Å²) >= 11 is 0. The van der Waals surface area contributed by atoms with Gasteiger partial charge in [-0.25, -0.2) is 4.39 Å². The first-order valence-electron chi connectivity index (χ1n) is 4.46. The molecule has 6 heteroatoms. The van der Waals surface area contributed by atoms with Crippen LogP contribution in [-0.4, -0.2) is 29.3 Å². The van der Waals surface area contributed by atoms with Crippen molar-refractivity contribution in [3.05, 3.63) is 29.6 Å². The highest BCUT2D eigenvalue weighted by Crippen LogP contribution is 2.27. The van der Waals surface area contributed by atoms with Gasteiger partial charge in [0.1, 0.15) is 17.7 Å². The summed E-state index contributed by atoms with van der Waals surface area (Å²) in [5.74, 6) is -1.56. The Bertz CT molecular complexity index is 396. The Kier molecular flexibility index (Phi) is 3.81. The van der Waals surface area contributed by atoms with Gasteiger partial charge < -0.3 is 20.7 Å². The Hall–Kier alpha value is -1.66. The Labute approximate surface area is 91.3 Å². The molecule has 0 aliphatic rings. The third-order valence-electron chi connectivity index (χ3n) is 2.10. The Morgan fingerprint density at radius 3 is 2.62 bits per heavy atom. The minimum absolute atomic E-state index is 0.0335. The number of aliphatic hydroxyl groups excluding tert-OH is 2. The number of primary amides is 1. The van der Waals surface area contributed by atoms with Crippen LogP contribution in [0.3, 0.4) is 0 Å². The van der Waals surface area contributed by atoms with E-state index in [1.165, 1.54) is 13.2 Å². The average Bonchev–Trinajstić information content (AvgIpc) is 2.26. The number of methoxy groups -OCH3 is 1. The van der Waals surface area contributed by atoms with E-state index in [0.29, 0.717) is 0 Å². The van der Waals surface area contributed by atoms with Gasteiger partial charge in [-0.1, -0.05) is 0 Å². The average molecular weight is 229 g/mol. The molecule has 2 unspecified atom stereocenters. The van der Waals surface area contributed by atoms with Crippen molar-refractivity contribution in [2.45, 2.75) is 12.2 Å². The SMILES string of the molecule is COc1ccc(F)cc1C(O)C(O)C(N)=O. The van der Waals surface area contributed by atoms with Gasteiger partial charge in [-0.15, -0.1) is 0 Å². The fraction of sp³-hybridized carbons (Fsp3) is 0.300. The second kappa shape index (κ2) is 4.91. The van der Waals surface area contributed by atoms with Gasteiger partial charge >= 0.3 is 0 Å². The molecular formula is C10H12FNO4. The summed E-state index contributed by atoms with van der Waals surface area (Å²) in [4.78, 5) is 10.7. The second-order valence-electron chi connectivity index (χ2n) is 3.18. The van der Waals surface area contributed by atoms with Crippen molar-refractivity contribution in [3.63, 3.8) is 0 Å². The van der Waals surface area contributed by atoms with Crippen molar-refractivity contribution in [1.29, 1.82) is 0 Å². The fourth-order valence-corrected chi connectivity index (χ4v) is 1.26. The number of halogens is 1. The van der Waals surface area contributed by atoms with Crippen LogP contribution in [0.25, 0.3) is 0 Å². The zero-order chi connectivity index (χ0) is 12.3. The molecule has 1 aromatic rings. The van der Waals surface area contributed by atoms with Gasteiger partial charge in [0.15, 0.2) is 6.10 Å². The molecular weight excluding hydrogens is 217 g/mol. The van der Waals surface area contributed by atoms with Gasteiger partial charge in [0.25, 0.3) is 0 Å². The molecule has 4 N–H and O–H groups in total. The normalized spacial score (nSPS) is 14.2. The maximum absolute atomic E-state index is 12.9. The van der Waals surface area contributed by atoms with E-state index in [2.05, 4.69) is 0 Å². The molecule has 0 radical (unpaired) electrons. The summed E-state index contributed by atoms with van der Waals surface area (Å²) in [6.07, 6.45) is -3.43. The molecule has 1 amide bonds. The summed E-state index contributed by atoms with van der Waals surface area (Å²) in [6, 6.07) is 3.38. The van der Waals surface area contributed by atoms with E-state index in [0.717, 1.165) is 12.1 Å². The number of amides is 1. The van der Waals surface area contributed by atoms with E-state index in [-0.39, 0.29) is 11.3 Å². The molecule has 88 valence electrons. The molecule has 0 saturated carbocycles. The maximum atomic E-state index is 12.9. The van der Waals surface area contributed by atoms with Crippen LogP contribution in [0.15, 0.2) is 18.2 Å². The van der Waals surface area contributed by atoms with E-state index >= 15 is 0 Å². The lowest BCUT2D eigenvalue weighted by molar-refractivity contribution is -0.132. The Morgan fingerprint density at radius 1 is 1.50 bits per heavy atom. The molecule has 0 aliphatic heterocycles. The number of nitrogens with two attached hydrogens (primary N) is 1. The van der Waals surface area contributed by atoms with Gasteiger partial charge in [-0.2, -0.15) is 0 Å². The Morgan fingerprint density at radius 2 is 2.12 bits per heavy atom. The van der Waals surface area contributed by atoms with Crippen LogP contribution < -0.4 is 10.5 Å². The van der Waals surface area contributed by atoms with Crippen LogP contribution in [0.5, 0.6) is 5.75 Å². The molecule has 0 fully saturated rings. The summed E-state index contributed by atoms with van der Waals surface area (Å²) in [5.41, 5.74) is 4.79. The molecule has 1 rings (SSSR count). The van der Waals surface area contributed by atoms with E-state index in [9.17, 15) is 19.4 Å². The standard InChI is InChI=1S/C10H12FNO4/c1-16-7-3-2-5(11)4-6(7)8(13)9(14)10(12)15/h2-4,8-9,13-14H,1H3,(H2,12,15). The lowest BCUT2D eigenvalue weighted by atomic mass is 10.0. The maximum Gasteiger partial charge on any atom is 0.249 e. The molecule has 5 nitrogen and oxygen atoms in total. The van der Waals surface area contributed by atoms with Crippen LogP contribution in [0, 0.1) is 5.82 Å². The van der Waals surface area contributed by atoms with Gasteiger partial charge in [0.2, 0.25) is 5.91 Å². The summed E-state index contributed by atoms with van der Waals surface area (Å²) in [7, 11) is 1.32. The van der Waals surface area contributed by atoms with Crippen LogP contribution in [0.2, 0.25) is 0 Å². The van der Waals surface area contributed by atoms with Crippen molar-refractivity contribution in [2.24, 2.45) is 5.73 Å². The topological polar surface area (TPSA) is 92.8 Å². The molecule has 2 atom stereocenters. The molecule has 0 bridgehead atoms. The first kappa shape index (κ1) is 12.4. The summed E-state index contributed by atoms with van der Waals surface area (Å²) < 4.78 is 17.8. The van der Waals surface area contributed by atoms with Crippen molar-refractivity contribution in [2.75, 3.05) is 7.11 Å². The van der Waals surface area contributed by atoms with Crippen molar-refractivity contribution in [1.82, 2.24) is 0 Å². The van der Waals surface area contributed by atoms with Crippen molar-refractivity contribution in [3.8, 4) is 5.75 Å². The molecule has 0 spiro atoms. The monoisotopic (exact) mass is 229 g/mol. The van der Waals surface area contributed by atoms with Gasteiger partial charge in [0.05, 0.1) is 7.11 Å². The highest BCUT2D eigenvalue weighted by atomic mass is 19.1. The van der Waals surface area contributed by atoms with Crippen LogP contribution in [-0.2, 0) is 4.79 Å². The predicted octanol–water partition coefficient (Wildman–Crippen LogP) is -0.286. The molecule has 0 saturated heterocycles. The number of aliphatic hydroxyl groups is 2. The molecule has 0 aromatic heterocycles. The van der Waals surface area contributed by atoms with Gasteiger partial charge in [-0.05, 0) is 18.2 Å². The van der Waals surface area contributed by atoms with Gasteiger partial charge in [0, 0.05) is 5.56 Å². The third-order valence-corrected chi connectivity index (χ3v) is 2.10. The smallest absolute Gasteiger partial charge is 0.249 e. The van der Waals surface area contributed by atoms with Crippen LogP contribution in [0.4, 0.5) is 4.39 Å². The lowest BCUT2D eigenvalue weighted by Crippen LogP contribution is -2.34. The molecule has 16 heavy (non-hydrogen) atoms. The van der Waals surface area contributed by atoms with Crippen LogP contribution in [0.1, 0.15) is 11.7 Å². The number of benzene rings is 1. The predicted molar refractivity (Wildman–Crippen MR) is 53.1 cm³/mol. The number of ether oxygens (including phenoxy) is 1. The van der Waals surface area contributed by atoms with E-state index < -0.39 is 23.9 Å². The number of hydrogen-bond acceptors (Lipinski definition) is 4. The highest BCUT2D eigenvalue weighted by Gasteiger charge is 2.26. The second-order valence-corrected chi connectivity index (χ2v) is 3.18. The summed E-state index contributed by atoms with van der Waals surface area (Å²) in [5, 5.41) is 18.9. The Balaban J connectivity index is 3.10. The number of rotatable bonds is 4. The molecule has 0 heterocycles. The van der Waals surface area contributed by atoms with E-state index in [1.54, 1.807) is 0 Å². The van der Waals surface area contributed by atoms with Crippen molar-refractivity contribution < 1.29 is 24.1 Å². The minimum Gasteiger partial charge on any atom is -0.496 e. The number of carbonyl (C=O) groups is 1. The van der Waals surface area contributed by atoms with E-state index in [1.807, 2.05) is 0 Å². The van der Waals surface area contributed by atoms with E-state index in [4.69, 9.17) is 10.5 Å². The molecule has 0 aliphatic carbocycles. The summed E-state index contributed by atoms with van der Waals surface area (Å²) in [6.45, 7) is 0. The zero-order valence-electron chi connectivity index (χ0n) is 8.55. The lowest BCUT2D eigenvalue weighted by Gasteiger charge is -2.17. The first-order chi connectivity index (χ1) is 7.47. The molecule has 1 aromatic carbocycles. The fourth-order valence-electron chi connectivity index (χ4n) is 1.26. The largest absolute Gasteiger partial charge is 0.496 e. The van der Waals surface area contributed by atoms with Crippen molar-refractivity contribution >= 4 is 5.91 Å². The zero-order valence-corrected chi connectivity index (χ0v) is 8.55. The van der Waals surface area contributed by atoms with Gasteiger partial charge in [-0.3, -0.25) is 4.79 Å². The first-order valence-corrected chi connectivity index (χ1v) is 4.46. The van der Waals surface area contributed by atoms with Crippen LogP contribution >= 0.6 is 0 Å². The minimum atomic E-state index is -1.81. The number of hydrogen-bond donors (Lipinski definition) is 3.